The summed E-state index contributed by atoms with van der Waals surface area (Å²) >= 11 is 1.41. The van der Waals surface area contributed by atoms with Crippen molar-refractivity contribution < 1.29 is 14.3 Å². The molecule has 0 unspecified atom stereocenters. The molecule has 6 nitrogen and oxygen atoms in total. The first-order valence-corrected chi connectivity index (χ1v) is 13.4. The molecule has 1 aliphatic carbocycles. The van der Waals surface area contributed by atoms with Crippen LogP contribution >= 0.6 is 11.3 Å². The number of carbonyl (C=O) groups excluding carboxylic acids is 2. The van der Waals surface area contributed by atoms with Crippen LogP contribution in [0.1, 0.15) is 83.4 Å². The zero-order chi connectivity index (χ0) is 25.7. The number of benzene rings is 2. The Morgan fingerprint density at radius 1 is 0.944 bits per heavy atom. The van der Waals surface area contributed by atoms with E-state index in [4.69, 9.17) is 4.74 Å². The van der Waals surface area contributed by atoms with Gasteiger partial charge in [-0.05, 0) is 55.0 Å². The van der Waals surface area contributed by atoms with Gasteiger partial charge in [-0.25, -0.2) is 4.98 Å². The van der Waals surface area contributed by atoms with Gasteiger partial charge < -0.3 is 15.4 Å². The van der Waals surface area contributed by atoms with E-state index < -0.39 is 0 Å². The third kappa shape index (κ3) is 6.72. The van der Waals surface area contributed by atoms with Gasteiger partial charge in [0.2, 0.25) is 0 Å². The van der Waals surface area contributed by atoms with Gasteiger partial charge in [0.15, 0.2) is 0 Å². The number of aromatic nitrogens is 1. The molecule has 0 bridgehead atoms. The van der Waals surface area contributed by atoms with Crippen LogP contribution in [0.3, 0.4) is 0 Å². The molecule has 1 saturated carbocycles. The molecular formula is C29H35N3O3S. The molecule has 7 heteroatoms. The van der Waals surface area contributed by atoms with Gasteiger partial charge in [0.1, 0.15) is 23.1 Å². The molecule has 0 radical (unpaired) electrons. The number of hydrogen-bond donors (Lipinski definition) is 2. The Kier molecular flexibility index (Phi) is 8.09. The fourth-order valence-corrected chi connectivity index (χ4v) is 5.04. The Labute approximate surface area is 217 Å². The number of carbonyl (C=O) groups is 2. The number of rotatable bonds is 7. The lowest BCUT2D eigenvalue weighted by atomic mass is 9.86. The van der Waals surface area contributed by atoms with E-state index in [1.165, 1.54) is 22.5 Å². The van der Waals surface area contributed by atoms with Gasteiger partial charge in [0, 0.05) is 23.0 Å². The largest absolute Gasteiger partial charge is 0.486 e. The van der Waals surface area contributed by atoms with Crippen LogP contribution < -0.4 is 15.4 Å². The number of ether oxygens (including phenoxy) is 1. The summed E-state index contributed by atoms with van der Waals surface area (Å²) in [6, 6.07) is 15.4. The quantitative estimate of drug-likeness (QED) is 0.425. The smallest absolute Gasteiger partial charge is 0.271 e. The molecule has 4 rings (SSSR count). The third-order valence-corrected chi connectivity index (χ3v) is 7.40. The molecule has 1 heterocycles. The van der Waals surface area contributed by atoms with Gasteiger partial charge in [-0.15, -0.1) is 11.3 Å². The predicted molar refractivity (Wildman–Crippen MR) is 144 cm³/mol. The SMILES string of the molecule is Cc1ccc(OCc2nc(C(=O)N[C@H]3CCCC[C@H]3NC(=O)c3ccc(C(C)(C)C)cc3)cs2)cc1. The molecular weight excluding hydrogens is 470 g/mol. The first-order chi connectivity index (χ1) is 17.2. The number of nitrogens with one attached hydrogen (secondary N) is 2. The van der Waals surface area contributed by atoms with Gasteiger partial charge in [-0.3, -0.25) is 9.59 Å². The minimum absolute atomic E-state index is 0.0378. The van der Waals surface area contributed by atoms with Crippen LogP contribution in [-0.4, -0.2) is 28.9 Å². The van der Waals surface area contributed by atoms with Crippen molar-refractivity contribution in [3.05, 3.63) is 81.3 Å². The van der Waals surface area contributed by atoms with Crippen molar-refractivity contribution in [3.8, 4) is 5.75 Å². The molecule has 1 aliphatic rings. The Morgan fingerprint density at radius 3 is 2.17 bits per heavy atom. The molecule has 0 saturated heterocycles. The first-order valence-electron chi connectivity index (χ1n) is 12.6. The van der Waals surface area contributed by atoms with E-state index in [1.54, 1.807) is 5.38 Å². The van der Waals surface area contributed by atoms with Crippen molar-refractivity contribution in [2.75, 3.05) is 0 Å². The fourth-order valence-electron chi connectivity index (χ4n) is 4.35. The molecule has 2 aromatic carbocycles. The van der Waals surface area contributed by atoms with E-state index in [0.717, 1.165) is 36.4 Å². The number of nitrogens with zero attached hydrogens (tertiary/aromatic N) is 1. The van der Waals surface area contributed by atoms with Crippen LogP contribution in [0.4, 0.5) is 0 Å². The van der Waals surface area contributed by atoms with Crippen molar-refractivity contribution in [2.24, 2.45) is 0 Å². The minimum atomic E-state index is -0.214. The summed E-state index contributed by atoms with van der Waals surface area (Å²) in [6.45, 7) is 8.80. The monoisotopic (exact) mass is 505 g/mol. The van der Waals surface area contributed by atoms with Gasteiger partial charge in [0.05, 0.1) is 0 Å². The van der Waals surface area contributed by atoms with Crippen molar-refractivity contribution in [1.82, 2.24) is 15.6 Å². The average Bonchev–Trinajstić information content (AvgIpc) is 3.34. The second-order valence-corrected chi connectivity index (χ2v) is 11.4. The summed E-state index contributed by atoms with van der Waals surface area (Å²) in [5.74, 6) is 0.454. The topological polar surface area (TPSA) is 80.3 Å². The summed E-state index contributed by atoms with van der Waals surface area (Å²) in [5.41, 5.74) is 3.42. The van der Waals surface area contributed by atoms with E-state index >= 15 is 0 Å². The summed E-state index contributed by atoms with van der Waals surface area (Å²) in [4.78, 5) is 30.4. The van der Waals surface area contributed by atoms with Crippen molar-refractivity contribution >= 4 is 23.2 Å². The molecule has 2 N–H and O–H groups in total. The molecule has 1 aromatic heterocycles. The normalized spacial score (nSPS) is 17.9. The summed E-state index contributed by atoms with van der Waals surface area (Å²) < 4.78 is 5.79. The second-order valence-electron chi connectivity index (χ2n) is 10.5. The number of amides is 2. The Balaban J connectivity index is 1.33. The van der Waals surface area contributed by atoms with Gasteiger partial charge in [-0.2, -0.15) is 0 Å². The third-order valence-electron chi connectivity index (χ3n) is 6.58. The minimum Gasteiger partial charge on any atom is -0.486 e. The average molecular weight is 506 g/mol. The number of aryl methyl sites for hydroxylation is 1. The van der Waals surface area contributed by atoms with E-state index in [1.807, 2.05) is 55.5 Å². The molecule has 2 atom stereocenters. The van der Waals surface area contributed by atoms with Crippen molar-refractivity contribution in [3.63, 3.8) is 0 Å². The van der Waals surface area contributed by atoms with E-state index in [0.29, 0.717) is 17.9 Å². The Morgan fingerprint density at radius 2 is 1.56 bits per heavy atom. The van der Waals surface area contributed by atoms with Gasteiger partial charge >= 0.3 is 0 Å². The fraction of sp³-hybridized carbons (Fsp3) is 0.414. The molecule has 1 fully saturated rings. The molecule has 0 aliphatic heterocycles. The summed E-state index contributed by atoms with van der Waals surface area (Å²) in [5, 5.41) is 8.77. The van der Waals surface area contributed by atoms with Gasteiger partial charge in [0.25, 0.3) is 11.8 Å². The highest BCUT2D eigenvalue weighted by atomic mass is 32.1. The van der Waals surface area contributed by atoms with Crippen LogP contribution in [0.2, 0.25) is 0 Å². The lowest BCUT2D eigenvalue weighted by Crippen LogP contribution is -2.53. The standard InChI is InChI=1S/C29H35N3O3S/c1-19-9-15-22(16-10-19)35-17-26-30-25(18-36-26)28(34)32-24-8-6-5-7-23(24)31-27(33)20-11-13-21(14-12-20)29(2,3)4/h9-16,18,23-24H,5-8,17H2,1-4H3,(H,31,33)(H,32,34)/t23-,24+/m1/s1. The molecule has 0 spiro atoms. The van der Waals surface area contributed by atoms with E-state index in [2.05, 4.69) is 36.4 Å². The highest BCUT2D eigenvalue weighted by Gasteiger charge is 2.29. The highest BCUT2D eigenvalue weighted by molar-refractivity contribution is 7.09. The Bertz CT molecular complexity index is 1180. The number of thiazole rings is 1. The maximum atomic E-state index is 13.0. The first kappa shape index (κ1) is 25.9. The number of hydrogen-bond acceptors (Lipinski definition) is 5. The highest BCUT2D eigenvalue weighted by Crippen LogP contribution is 2.23. The van der Waals surface area contributed by atoms with E-state index in [-0.39, 0.29) is 29.3 Å². The van der Waals surface area contributed by atoms with Gasteiger partial charge in [-0.1, -0.05) is 63.4 Å². The van der Waals surface area contributed by atoms with Crippen LogP contribution in [0.25, 0.3) is 0 Å². The Hall–Kier alpha value is -3.19. The summed E-state index contributed by atoms with van der Waals surface area (Å²) in [6.07, 6.45) is 3.71. The molecule has 3 aromatic rings. The molecule has 190 valence electrons. The van der Waals surface area contributed by atoms with Crippen LogP contribution in [-0.2, 0) is 12.0 Å². The molecule has 36 heavy (non-hydrogen) atoms. The van der Waals surface area contributed by atoms with Crippen LogP contribution in [0, 0.1) is 6.92 Å². The maximum absolute atomic E-state index is 13.0. The second kappa shape index (κ2) is 11.2. The van der Waals surface area contributed by atoms with Crippen molar-refractivity contribution in [1.29, 1.82) is 0 Å². The van der Waals surface area contributed by atoms with Crippen LogP contribution in [0.15, 0.2) is 53.9 Å². The zero-order valence-electron chi connectivity index (χ0n) is 21.5. The molecule has 2 amide bonds. The lowest BCUT2D eigenvalue weighted by Gasteiger charge is -2.32. The lowest BCUT2D eigenvalue weighted by molar-refractivity contribution is 0.0860. The predicted octanol–water partition coefficient (Wildman–Crippen LogP) is 5.80. The zero-order valence-corrected chi connectivity index (χ0v) is 22.3. The van der Waals surface area contributed by atoms with Crippen LogP contribution in [0.5, 0.6) is 5.75 Å². The maximum Gasteiger partial charge on any atom is 0.271 e. The van der Waals surface area contributed by atoms with Crippen molar-refractivity contribution in [2.45, 2.75) is 77.5 Å². The van der Waals surface area contributed by atoms with E-state index in [9.17, 15) is 9.59 Å². The summed E-state index contributed by atoms with van der Waals surface area (Å²) in [7, 11) is 0.